The first-order chi connectivity index (χ1) is 26.9. The molecule has 13 nitrogen and oxygen atoms in total. The minimum Gasteiger partial charge on any atom is -0.490 e. The number of allylic oxidation sites excluding steroid dienone is 1. The number of nitrogens with one attached hydrogen (secondary N) is 3. The number of rotatable bonds is 24. The van der Waals surface area contributed by atoms with Gasteiger partial charge in [-0.05, 0) is 53.9 Å². The predicted octanol–water partition coefficient (Wildman–Crippen LogP) is 2.72. The van der Waals surface area contributed by atoms with E-state index in [1.54, 1.807) is 6.07 Å². The van der Waals surface area contributed by atoms with Crippen LogP contribution in [0.15, 0.2) is 60.7 Å². The van der Waals surface area contributed by atoms with E-state index in [4.69, 9.17) is 33.5 Å². The molecule has 2 atom stereocenters. The normalized spacial score (nSPS) is 15.9. The summed E-state index contributed by atoms with van der Waals surface area (Å²) < 4.78 is 61.6. The van der Waals surface area contributed by atoms with Gasteiger partial charge in [-0.15, -0.1) is 0 Å². The number of benzene rings is 3. The monoisotopic (exact) mass is 767 g/mol. The molecule has 1 fully saturated rings. The SMILES string of the molecule is O=C(N[C@H]1CNC[C@H]1NC(=O)c1ccc(C(=O)c2c(OCCOCCOCCOCCOCCOCCO)ccc(F)c2F)cc1)c1ccc2c(c1)CC=C2. The topological polar surface area (TPSA) is 163 Å². The number of carbonyl (C=O) groups excluding carboxylic acids is 3. The summed E-state index contributed by atoms with van der Waals surface area (Å²) in [5.74, 6) is -4.18. The van der Waals surface area contributed by atoms with E-state index in [2.05, 4.69) is 16.0 Å². The molecule has 0 saturated carbocycles. The first kappa shape index (κ1) is 41.6. The van der Waals surface area contributed by atoms with Gasteiger partial charge in [0.15, 0.2) is 17.4 Å². The number of ketones is 1. The Bertz CT molecular complexity index is 1760. The molecule has 0 spiro atoms. The Morgan fingerprint density at radius 2 is 1.20 bits per heavy atom. The third kappa shape index (κ3) is 12.4. The van der Waals surface area contributed by atoms with E-state index in [9.17, 15) is 23.2 Å². The van der Waals surface area contributed by atoms with Crippen molar-refractivity contribution in [3.8, 4) is 5.75 Å². The molecule has 2 aliphatic rings. The van der Waals surface area contributed by atoms with Crippen LogP contribution in [0.25, 0.3) is 6.08 Å². The average molecular weight is 768 g/mol. The number of hydrogen-bond acceptors (Lipinski definition) is 11. The fourth-order valence-corrected chi connectivity index (χ4v) is 5.92. The van der Waals surface area contributed by atoms with Crippen molar-refractivity contribution >= 4 is 23.7 Å². The quantitative estimate of drug-likeness (QED) is 0.0784. The van der Waals surface area contributed by atoms with E-state index < -0.39 is 34.9 Å². The van der Waals surface area contributed by atoms with Gasteiger partial charge < -0.3 is 49.5 Å². The molecule has 55 heavy (non-hydrogen) atoms. The van der Waals surface area contributed by atoms with E-state index in [0.717, 1.165) is 23.6 Å². The fraction of sp³-hybridized carbons (Fsp3) is 0.425. The maximum absolute atomic E-state index is 15.0. The number of ether oxygens (including phenoxy) is 6. The van der Waals surface area contributed by atoms with Crippen LogP contribution in [0.2, 0.25) is 0 Å². The molecule has 3 aromatic rings. The Balaban J connectivity index is 1.02. The van der Waals surface area contributed by atoms with Gasteiger partial charge in [0.25, 0.3) is 11.8 Å². The van der Waals surface area contributed by atoms with Crippen LogP contribution < -0.4 is 20.7 Å². The standard InChI is InChI=1S/C40H47F2N3O10/c41-32-10-11-35(55-23-22-54-21-20-53-19-18-52-17-16-51-15-14-50-13-12-46)36(37(32)42)38(47)28-5-7-29(8-6-28)39(48)44-33-25-43-26-34(33)45-40(49)31-9-4-27-2-1-3-30(27)24-31/h1-2,4-11,24,33-34,43,46H,3,12-23,25-26H2,(H,44,48)(H,45,49)/t33-,34+/m1/s1. The van der Waals surface area contributed by atoms with Crippen molar-refractivity contribution in [2.24, 2.45) is 0 Å². The summed E-state index contributed by atoms with van der Waals surface area (Å²) in [7, 11) is 0. The Labute approximate surface area is 318 Å². The molecule has 5 rings (SSSR count). The lowest BCUT2D eigenvalue weighted by molar-refractivity contribution is -0.0146. The summed E-state index contributed by atoms with van der Waals surface area (Å²) in [4.78, 5) is 39.5. The summed E-state index contributed by atoms with van der Waals surface area (Å²) >= 11 is 0. The molecule has 3 aromatic carbocycles. The summed E-state index contributed by atoms with van der Waals surface area (Å²) in [6, 6.07) is 12.5. The Morgan fingerprint density at radius 3 is 1.80 bits per heavy atom. The van der Waals surface area contributed by atoms with Gasteiger partial charge in [-0.25, -0.2) is 8.78 Å². The average Bonchev–Trinajstić information content (AvgIpc) is 3.86. The van der Waals surface area contributed by atoms with Crippen molar-refractivity contribution in [3.63, 3.8) is 0 Å². The highest BCUT2D eigenvalue weighted by Crippen LogP contribution is 2.27. The molecular weight excluding hydrogens is 720 g/mol. The van der Waals surface area contributed by atoms with E-state index in [1.165, 1.54) is 30.3 Å². The van der Waals surface area contributed by atoms with Gasteiger partial charge in [0, 0.05) is 29.8 Å². The Morgan fingerprint density at radius 1 is 0.673 bits per heavy atom. The zero-order valence-corrected chi connectivity index (χ0v) is 30.5. The van der Waals surface area contributed by atoms with Crippen LogP contribution in [0.3, 0.4) is 0 Å². The molecule has 1 aliphatic heterocycles. The van der Waals surface area contributed by atoms with Crippen molar-refractivity contribution in [3.05, 3.63) is 106 Å². The van der Waals surface area contributed by atoms with E-state index >= 15 is 0 Å². The molecule has 2 amide bonds. The number of aliphatic hydroxyl groups excluding tert-OH is 1. The highest BCUT2D eigenvalue weighted by Gasteiger charge is 2.31. The van der Waals surface area contributed by atoms with E-state index in [1.807, 2.05) is 24.3 Å². The molecule has 296 valence electrons. The van der Waals surface area contributed by atoms with Crippen molar-refractivity contribution in [2.45, 2.75) is 18.5 Å². The second-order valence-corrected chi connectivity index (χ2v) is 12.6. The van der Waals surface area contributed by atoms with Crippen LogP contribution in [0.1, 0.15) is 47.8 Å². The maximum atomic E-state index is 15.0. The van der Waals surface area contributed by atoms with Gasteiger partial charge in [0.05, 0.1) is 84.8 Å². The molecule has 0 bridgehead atoms. The van der Waals surface area contributed by atoms with Crippen molar-refractivity contribution in [1.29, 1.82) is 0 Å². The fourth-order valence-electron chi connectivity index (χ4n) is 5.92. The molecule has 4 N–H and O–H groups in total. The third-order valence-corrected chi connectivity index (χ3v) is 8.79. The highest BCUT2D eigenvalue weighted by atomic mass is 19.2. The summed E-state index contributed by atoms with van der Waals surface area (Å²) in [6.07, 6.45) is 4.86. The summed E-state index contributed by atoms with van der Waals surface area (Å²) in [6.45, 7) is 4.19. The lowest BCUT2D eigenvalue weighted by Gasteiger charge is -2.21. The highest BCUT2D eigenvalue weighted by molar-refractivity contribution is 6.11. The zero-order chi connectivity index (χ0) is 38.8. The molecule has 15 heteroatoms. The molecular formula is C40H47F2N3O10. The summed E-state index contributed by atoms with van der Waals surface area (Å²) in [5, 5.41) is 17.8. The first-order valence-corrected chi connectivity index (χ1v) is 18.2. The van der Waals surface area contributed by atoms with Crippen molar-refractivity contribution < 1.29 is 56.7 Å². The number of halogens is 2. The first-order valence-electron chi connectivity index (χ1n) is 18.2. The predicted molar refractivity (Wildman–Crippen MR) is 197 cm³/mol. The second kappa shape index (κ2) is 22.1. The van der Waals surface area contributed by atoms with Crippen molar-refractivity contribution in [1.82, 2.24) is 16.0 Å². The van der Waals surface area contributed by atoms with Gasteiger partial charge in [0.1, 0.15) is 17.9 Å². The molecule has 0 aromatic heterocycles. The van der Waals surface area contributed by atoms with Crippen LogP contribution in [0.5, 0.6) is 5.75 Å². The maximum Gasteiger partial charge on any atom is 0.251 e. The van der Waals surface area contributed by atoms with Crippen molar-refractivity contribution in [2.75, 3.05) is 92.4 Å². The van der Waals surface area contributed by atoms with E-state index in [-0.39, 0.29) is 61.9 Å². The largest absolute Gasteiger partial charge is 0.490 e. The summed E-state index contributed by atoms with van der Waals surface area (Å²) in [5.41, 5.74) is 2.43. The van der Waals surface area contributed by atoms with Gasteiger partial charge >= 0.3 is 0 Å². The van der Waals surface area contributed by atoms with Gasteiger partial charge in [-0.3, -0.25) is 14.4 Å². The van der Waals surface area contributed by atoms with Crippen LogP contribution in [-0.2, 0) is 30.1 Å². The minimum atomic E-state index is -1.35. The molecule has 1 aliphatic carbocycles. The number of aliphatic hydroxyl groups is 1. The number of fused-ring (bicyclic) bond motifs is 1. The van der Waals surface area contributed by atoms with Gasteiger partial charge in [-0.1, -0.05) is 30.4 Å². The molecule has 1 saturated heterocycles. The van der Waals surface area contributed by atoms with Crippen LogP contribution in [0.4, 0.5) is 8.78 Å². The molecule has 0 unspecified atom stereocenters. The smallest absolute Gasteiger partial charge is 0.251 e. The lowest BCUT2D eigenvalue weighted by Crippen LogP contribution is -2.51. The Hall–Kier alpha value is -4.61. The third-order valence-electron chi connectivity index (χ3n) is 8.79. The number of carbonyl (C=O) groups is 3. The molecule has 1 heterocycles. The zero-order valence-electron chi connectivity index (χ0n) is 30.5. The Kier molecular flexibility index (Phi) is 16.7. The lowest BCUT2D eigenvalue weighted by atomic mass is 10.00. The van der Waals surface area contributed by atoms with Crippen LogP contribution >= 0.6 is 0 Å². The molecule has 0 radical (unpaired) electrons. The number of amides is 2. The van der Waals surface area contributed by atoms with Crippen LogP contribution in [0, 0.1) is 11.6 Å². The van der Waals surface area contributed by atoms with Gasteiger partial charge in [-0.2, -0.15) is 0 Å². The van der Waals surface area contributed by atoms with E-state index in [0.29, 0.717) is 64.9 Å². The number of hydrogen-bond donors (Lipinski definition) is 4. The van der Waals surface area contributed by atoms with Crippen LogP contribution in [-0.4, -0.2) is 127 Å². The van der Waals surface area contributed by atoms with Gasteiger partial charge in [0.2, 0.25) is 0 Å². The minimum absolute atomic E-state index is 0.0212. The second-order valence-electron chi connectivity index (χ2n) is 12.6.